The molecule has 27 heavy (non-hydrogen) atoms. The molecule has 8 heteroatoms. The van der Waals surface area contributed by atoms with Crippen LogP contribution in [0.25, 0.3) is 10.9 Å². The first kappa shape index (κ1) is 17.8. The molecule has 0 bridgehead atoms. The lowest BCUT2D eigenvalue weighted by Crippen LogP contribution is -2.36. The summed E-state index contributed by atoms with van der Waals surface area (Å²) in [4.78, 5) is 25.7. The van der Waals surface area contributed by atoms with E-state index in [4.69, 9.17) is 5.73 Å². The number of hydrogen-bond acceptors (Lipinski definition) is 5. The van der Waals surface area contributed by atoms with E-state index < -0.39 is 22.8 Å². The van der Waals surface area contributed by atoms with Crippen molar-refractivity contribution in [1.29, 1.82) is 0 Å². The van der Waals surface area contributed by atoms with E-state index in [1.54, 1.807) is 9.47 Å². The fourth-order valence-electron chi connectivity index (χ4n) is 3.93. The van der Waals surface area contributed by atoms with Gasteiger partial charge in [-0.05, 0) is 31.7 Å². The molecule has 144 valence electrons. The molecule has 4 rings (SSSR count). The van der Waals surface area contributed by atoms with Gasteiger partial charge in [-0.2, -0.15) is 0 Å². The molecule has 2 fully saturated rings. The van der Waals surface area contributed by atoms with Gasteiger partial charge in [0.1, 0.15) is 11.3 Å². The molecular weight excluding hydrogens is 353 g/mol. The van der Waals surface area contributed by atoms with Crippen LogP contribution in [0.5, 0.6) is 5.75 Å². The molecule has 1 aromatic heterocycles. The second-order valence-corrected chi connectivity index (χ2v) is 7.47. The highest BCUT2D eigenvalue weighted by molar-refractivity contribution is 5.96. The van der Waals surface area contributed by atoms with Crippen molar-refractivity contribution in [3.05, 3.63) is 33.9 Å². The van der Waals surface area contributed by atoms with Crippen molar-refractivity contribution in [2.75, 3.05) is 18.0 Å². The standard InChI is InChI=1S/C19H22FN3O4/c20-14-7-12-15(18(25)16(14)22-6-2-1-3-10(21)8-22)23(11-4-5-11)9-13(17(12)24)19(26)27/h7,9-11,25H,1-6,8,21H2,(H,26,27)/t10-/m1/s1. The van der Waals surface area contributed by atoms with Crippen LogP contribution < -0.4 is 16.1 Å². The maximum absolute atomic E-state index is 14.9. The first-order valence-electron chi connectivity index (χ1n) is 9.22. The second-order valence-electron chi connectivity index (χ2n) is 7.47. The van der Waals surface area contributed by atoms with Crippen molar-refractivity contribution in [3.8, 4) is 5.75 Å². The van der Waals surface area contributed by atoms with Crippen molar-refractivity contribution >= 4 is 22.6 Å². The summed E-state index contributed by atoms with van der Waals surface area (Å²) in [5.41, 5.74) is 5.10. The third-order valence-corrected chi connectivity index (χ3v) is 5.41. The number of fused-ring (bicyclic) bond motifs is 1. The monoisotopic (exact) mass is 375 g/mol. The lowest BCUT2D eigenvalue weighted by Gasteiger charge is -2.27. The van der Waals surface area contributed by atoms with Gasteiger partial charge in [-0.1, -0.05) is 6.42 Å². The Balaban J connectivity index is 1.98. The number of carbonyl (C=O) groups is 1. The number of aromatic carboxylic acids is 1. The zero-order chi connectivity index (χ0) is 19.3. The summed E-state index contributed by atoms with van der Waals surface area (Å²) >= 11 is 0. The normalized spacial score (nSPS) is 20.7. The maximum atomic E-state index is 14.9. The van der Waals surface area contributed by atoms with Crippen LogP contribution in [0.1, 0.15) is 48.5 Å². The molecule has 1 atom stereocenters. The van der Waals surface area contributed by atoms with Gasteiger partial charge in [0, 0.05) is 31.4 Å². The predicted molar refractivity (Wildman–Crippen MR) is 99.1 cm³/mol. The molecule has 2 aliphatic rings. The number of carboxylic acids is 1. The van der Waals surface area contributed by atoms with E-state index in [1.165, 1.54) is 6.20 Å². The molecule has 0 radical (unpaired) electrons. The van der Waals surface area contributed by atoms with Crippen molar-refractivity contribution in [1.82, 2.24) is 4.57 Å². The number of aromatic hydroxyl groups is 1. The number of halogens is 1. The van der Waals surface area contributed by atoms with E-state index >= 15 is 0 Å². The Morgan fingerprint density at radius 2 is 2.00 bits per heavy atom. The minimum absolute atomic E-state index is 0.00167. The quantitative estimate of drug-likeness (QED) is 0.759. The number of nitrogens with two attached hydrogens (primary N) is 1. The third-order valence-electron chi connectivity index (χ3n) is 5.41. The summed E-state index contributed by atoms with van der Waals surface area (Å²) in [5, 5.41) is 20.1. The average molecular weight is 375 g/mol. The van der Waals surface area contributed by atoms with Crippen LogP contribution in [0.2, 0.25) is 0 Å². The molecule has 1 aromatic carbocycles. The number of rotatable bonds is 3. The van der Waals surface area contributed by atoms with Gasteiger partial charge in [-0.15, -0.1) is 0 Å². The van der Waals surface area contributed by atoms with E-state index in [0.717, 1.165) is 38.2 Å². The summed E-state index contributed by atoms with van der Waals surface area (Å²) in [5.74, 6) is -2.42. The Morgan fingerprint density at radius 1 is 1.26 bits per heavy atom. The highest BCUT2D eigenvalue weighted by Gasteiger charge is 2.31. The van der Waals surface area contributed by atoms with Crippen LogP contribution >= 0.6 is 0 Å². The van der Waals surface area contributed by atoms with Crippen molar-refractivity contribution in [2.24, 2.45) is 5.73 Å². The number of aromatic nitrogens is 1. The first-order valence-corrected chi connectivity index (χ1v) is 9.22. The van der Waals surface area contributed by atoms with E-state index in [1.807, 2.05) is 0 Å². The molecule has 2 aromatic rings. The van der Waals surface area contributed by atoms with Gasteiger partial charge in [0.15, 0.2) is 11.6 Å². The number of carboxylic acid groups (broad SMARTS) is 1. The Bertz CT molecular complexity index is 983. The van der Waals surface area contributed by atoms with Crippen LogP contribution in [0.4, 0.5) is 10.1 Å². The molecular formula is C19H22FN3O4. The smallest absolute Gasteiger partial charge is 0.341 e. The van der Waals surface area contributed by atoms with Crippen molar-refractivity contribution < 1.29 is 19.4 Å². The van der Waals surface area contributed by atoms with E-state index in [-0.39, 0.29) is 34.4 Å². The van der Waals surface area contributed by atoms with Gasteiger partial charge in [-0.3, -0.25) is 4.79 Å². The molecule has 1 saturated heterocycles. The highest BCUT2D eigenvalue weighted by Crippen LogP contribution is 2.43. The number of benzene rings is 1. The third kappa shape index (κ3) is 3.03. The lowest BCUT2D eigenvalue weighted by atomic mass is 10.1. The number of nitrogens with zero attached hydrogens (tertiary/aromatic N) is 2. The largest absolute Gasteiger partial charge is 0.504 e. The number of pyridine rings is 1. The molecule has 1 aliphatic carbocycles. The van der Waals surface area contributed by atoms with Crippen LogP contribution in [-0.2, 0) is 0 Å². The minimum Gasteiger partial charge on any atom is -0.504 e. The fraction of sp³-hybridized carbons (Fsp3) is 0.474. The van der Waals surface area contributed by atoms with Crippen LogP contribution in [0.15, 0.2) is 17.1 Å². The summed E-state index contributed by atoms with van der Waals surface area (Å²) in [6.45, 7) is 0.974. The van der Waals surface area contributed by atoms with Crippen LogP contribution in [-0.4, -0.2) is 39.9 Å². The zero-order valence-corrected chi connectivity index (χ0v) is 14.8. The molecule has 1 saturated carbocycles. The second kappa shape index (κ2) is 6.53. The van der Waals surface area contributed by atoms with Gasteiger partial charge >= 0.3 is 5.97 Å². The molecule has 0 unspecified atom stereocenters. The molecule has 7 nitrogen and oxygen atoms in total. The topological polar surface area (TPSA) is 109 Å². The van der Waals surface area contributed by atoms with Crippen LogP contribution in [0, 0.1) is 5.82 Å². The first-order chi connectivity index (χ1) is 12.9. The average Bonchev–Trinajstić information content (AvgIpc) is 3.44. The predicted octanol–water partition coefficient (Wildman–Crippen LogP) is 2.20. The van der Waals surface area contributed by atoms with Gasteiger partial charge in [-0.25, -0.2) is 9.18 Å². The van der Waals surface area contributed by atoms with Gasteiger partial charge < -0.3 is 25.4 Å². The van der Waals surface area contributed by atoms with E-state index in [2.05, 4.69) is 0 Å². The number of phenolic OH excluding ortho intramolecular Hbond substituents is 1. The van der Waals surface area contributed by atoms with E-state index in [0.29, 0.717) is 13.1 Å². The summed E-state index contributed by atoms with van der Waals surface area (Å²) in [6.07, 6.45) is 5.50. The fourth-order valence-corrected chi connectivity index (χ4v) is 3.93. The Kier molecular flexibility index (Phi) is 4.30. The zero-order valence-electron chi connectivity index (χ0n) is 14.8. The van der Waals surface area contributed by atoms with Crippen LogP contribution in [0.3, 0.4) is 0 Å². The summed E-state index contributed by atoms with van der Waals surface area (Å²) in [7, 11) is 0. The van der Waals surface area contributed by atoms with Gasteiger partial charge in [0.05, 0.1) is 10.9 Å². The van der Waals surface area contributed by atoms with Crippen molar-refractivity contribution in [3.63, 3.8) is 0 Å². The Morgan fingerprint density at radius 3 is 2.67 bits per heavy atom. The van der Waals surface area contributed by atoms with E-state index in [9.17, 15) is 24.2 Å². The summed E-state index contributed by atoms with van der Waals surface area (Å²) in [6, 6.07) is 0.929. The van der Waals surface area contributed by atoms with Gasteiger partial charge in [0.2, 0.25) is 5.43 Å². The Hall–Kier alpha value is -2.61. The molecule has 1 aliphatic heterocycles. The SMILES string of the molecule is N[C@@H]1CCCCN(c2c(F)cc3c(=O)c(C(=O)O)cn(C4CC4)c3c2O)C1. The Labute approximate surface area is 154 Å². The maximum Gasteiger partial charge on any atom is 0.341 e. The number of phenols is 1. The molecule has 2 heterocycles. The highest BCUT2D eigenvalue weighted by atomic mass is 19.1. The van der Waals surface area contributed by atoms with Gasteiger partial charge in [0.25, 0.3) is 0 Å². The molecule has 4 N–H and O–H groups in total. The summed E-state index contributed by atoms with van der Waals surface area (Å²) < 4.78 is 16.6. The van der Waals surface area contributed by atoms with Crippen molar-refractivity contribution in [2.45, 2.75) is 44.2 Å². The molecule has 0 spiro atoms. The number of hydrogen-bond donors (Lipinski definition) is 3. The number of anilines is 1. The lowest BCUT2D eigenvalue weighted by molar-refractivity contribution is 0.0694. The molecule has 0 amide bonds. The minimum atomic E-state index is -1.36.